The van der Waals surface area contributed by atoms with E-state index in [-0.39, 0.29) is 17.4 Å². The van der Waals surface area contributed by atoms with E-state index in [2.05, 4.69) is 41.4 Å². The molecular weight excluding hydrogens is 288 g/mol. The normalized spacial score (nSPS) is 44.3. The maximum atomic E-state index is 11.8. The van der Waals surface area contributed by atoms with Crippen LogP contribution in [0.25, 0.3) is 0 Å². The average molecular weight is 310 g/mol. The van der Waals surface area contributed by atoms with Crippen molar-refractivity contribution in [2.45, 2.75) is 36.9 Å². The van der Waals surface area contributed by atoms with Crippen LogP contribution in [-0.4, -0.2) is 40.0 Å². The molecule has 3 N–H and O–H groups in total. The number of para-hydroxylation sites is 1. The molecule has 4 aliphatic rings. The van der Waals surface area contributed by atoms with E-state index in [9.17, 15) is 10.2 Å². The van der Waals surface area contributed by atoms with E-state index < -0.39 is 5.72 Å². The first-order valence-electron chi connectivity index (χ1n) is 8.48. The largest absolute Gasteiger partial charge is 0.516 e. The molecule has 120 valence electrons. The van der Waals surface area contributed by atoms with Crippen molar-refractivity contribution in [2.24, 2.45) is 5.92 Å². The van der Waals surface area contributed by atoms with Crippen LogP contribution < -0.4 is 5.32 Å². The summed E-state index contributed by atoms with van der Waals surface area (Å²) in [6.45, 7) is 3.75. The minimum absolute atomic E-state index is 0.0334. The highest BCUT2D eigenvalue weighted by Crippen LogP contribution is 2.64. The Labute approximate surface area is 136 Å². The summed E-state index contributed by atoms with van der Waals surface area (Å²) < 4.78 is 0. The summed E-state index contributed by atoms with van der Waals surface area (Å²) in [6, 6.07) is 8.28. The summed E-state index contributed by atoms with van der Waals surface area (Å²) in [5.41, 5.74) is 3.46. The summed E-state index contributed by atoms with van der Waals surface area (Å²) in [4.78, 5) is 2.25. The van der Waals surface area contributed by atoms with Crippen molar-refractivity contribution in [2.75, 3.05) is 18.4 Å². The van der Waals surface area contributed by atoms with E-state index in [1.165, 1.54) is 17.4 Å². The van der Waals surface area contributed by atoms with Crippen LogP contribution in [0.2, 0.25) is 0 Å². The molecule has 4 atom stereocenters. The Kier molecular flexibility index (Phi) is 2.49. The Bertz CT molecular complexity index is 755. The van der Waals surface area contributed by atoms with Gasteiger partial charge in [0.05, 0.1) is 17.7 Å². The fourth-order valence-electron chi connectivity index (χ4n) is 5.76. The maximum absolute atomic E-state index is 11.8. The van der Waals surface area contributed by atoms with Gasteiger partial charge in [0.25, 0.3) is 0 Å². The van der Waals surface area contributed by atoms with Crippen molar-refractivity contribution >= 4 is 5.69 Å². The molecule has 2 saturated heterocycles. The van der Waals surface area contributed by atoms with Crippen molar-refractivity contribution in [3.63, 3.8) is 0 Å². The van der Waals surface area contributed by atoms with Crippen LogP contribution in [0.3, 0.4) is 0 Å². The molecule has 5 rings (SSSR count). The molecule has 1 aromatic carbocycles. The number of benzene rings is 1. The lowest BCUT2D eigenvalue weighted by molar-refractivity contribution is -0.156. The number of hydrogen-bond donors (Lipinski definition) is 3. The van der Waals surface area contributed by atoms with Crippen molar-refractivity contribution in [1.29, 1.82) is 0 Å². The van der Waals surface area contributed by atoms with Crippen LogP contribution >= 0.6 is 0 Å². The number of piperidine rings is 1. The zero-order chi connectivity index (χ0) is 15.8. The number of anilines is 1. The van der Waals surface area contributed by atoms with Gasteiger partial charge in [0.1, 0.15) is 5.72 Å². The predicted octanol–water partition coefficient (Wildman–Crippen LogP) is 2.53. The summed E-state index contributed by atoms with van der Waals surface area (Å²) in [5.74, 6) is 0.129. The number of aliphatic hydroxyl groups is 2. The Morgan fingerprint density at radius 2 is 2.17 bits per heavy atom. The molecule has 3 fully saturated rings. The molecule has 4 unspecified atom stereocenters. The fraction of sp³-hybridized carbons (Fsp3) is 0.474. The molecule has 1 spiro atoms. The first-order valence-corrected chi connectivity index (χ1v) is 8.48. The molecule has 3 heterocycles. The second-order valence-electron chi connectivity index (χ2n) is 7.33. The number of hydrogen-bond acceptors (Lipinski definition) is 4. The molecule has 3 aliphatic heterocycles. The fourth-order valence-corrected chi connectivity index (χ4v) is 5.76. The predicted molar refractivity (Wildman–Crippen MR) is 89.2 cm³/mol. The van der Waals surface area contributed by atoms with Crippen LogP contribution in [0.5, 0.6) is 0 Å². The topological polar surface area (TPSA) is 55.7 Å². The molecule has 2 bridgehead atoms. The van der Waals surface area contributed by atoms with Gasteiger partial charge in [0.15, 0.2) is 0 Å². The van der Waals surface area contributed by atoms with Crippen molar-refractivity contribution < 1.29 is 10.2 Å². The number of allylic oxidation sites excluding steroid dienone is 1. The third-order valence-electron chi connectivity index (χ3n) is 6.78. The van der Waals surface area contributed by atoms with Gasteiger partial charge in [-0.05, 0) is 30.5 Å². The lowest BCUT2D eigenvalue weighted by atomic mass is 9.56. The molecule has 1 aliphatic carbocycles. The number of aliphatic hydroxyl groups excluding tert-OH is 1. The van der Waals surface area contributed by atoms with Gasteiger partial charge in [-0.1, -0.05) is 29.8 Å². The van der Waals surface area contributed by atoms with Gasteiger partial charge in [-0.2, -0.15) is 0 Å². The molecule has 4 heteroatoms. The Hall–Kier alpha value is -1.78. The van der Waals surface area contributed by atoms with E-state index in [0.29, 0.717) is 6.42 Å². The molecule has 0 aromatic heterocycles. The molecule has 23 heavy (non-hydrogen) atoms. The highest BCUT2D eigenvalue weighted by Gasteiger charge is 2.71. The SMILES string of the molecule is CC=C1CN2CCC34c5ccccc5NC3C(=CO)C1CC24O. The van der Waals surface area contributed by atoms with Crippen LogP contribution in [0, 0.1) is 5.92 Å². The number of rotatable bonds is 0. The van der Waals surface area contributed by atoms with Crippen LogP contribution in [0.4, 0.5) is 5.69 Å². The highest BCUT2D eigenvalue weighted by molar-refractivity contribution is 5.68. The summed E-state index contributed by atoms with van der Waals surface area (Å²) in [7, 11) is 0. The van der Waals surface area contributed by atoms with Gasteiger partial charge in [0.2, 0.25) is 0 Å². The Morgan fingerprint density at radius 3 is 2.96 bits per heavy atom. The maximum Gasteiger partial charge on any atom is 0.131 e. The standard InChI is InChI=1S/C19H22N2O2/c1-2-12-10-21-8-7-18-15-5-3-4-6-16(15)20-17(18)14(11-22)13(12)9-19(18,21)23/h2-6,11,13,17,20,22-23H,7-10H2,1H3. The van der Waals surface area contributed by atoms with Crippen LogP contribution in [-0.2, 0) is 5.41 Å². The lowest BCUT2D eigenvalue weighted by Gasteiger charge is -2.57. The van der Waals surface area contributed by atoms with E-state index in [0.717, 1.165) is 30.8 Å². The van der Waals surface area contributed by atoms with Crippen molar-refractivity contribution in [3.05, 3.63) is 53.3 Å². The van der Waals surface area contributed by atoms with Crippen molar-refractivity contribution in [1.82, 2.24) is 4.90 Å². The van der Waals surface area contributed by atoms with Gasteiger partial charge >= 0.3 is 0 Å². The van der Waals surface area contributed by atoms with Crippen molar-refractivity contribution in [3.8, 4) is 0 Å². The summed E-state index contributed by atoms with van der Waals surface area (Å²) in [6.07, 6.45) is 5.04. The lowest BCUT2D eigenvalue weighted by Crippen LogP contribution is -2.68. The van der Waals surface area contributed by atoms with Crippen LogP contribution in [0.1, 0.15) is 25.3 Å². The second kappa shape index (κ2) is 4.19. The second-order valence-corrected chi connectivity index (χ2v) is 7.33. The van der Waals surface area contributed by atoms with Gasteiger partial charge in [0, 0.05) is 31.1 Å². The first kappa shape index (κ1) is 13.6. The Morgan fingerprint density at radius 1 is 1.35 bits per heavy atom. The Balaban J connectivity index is 1.80. The summed E-state index contributed by atoms with van der Waals surface area (Å²) >= 11 is 0. The van der Waals surface area contributed by atoms with Gasteiger partial charge in [-0.15, -0.1) is 0 Å². The molecule has 1 aromatic rings. The minimum Gasteiger partial charge on any atom is -0.516 e. The molecule has 0 radical (unpaired) electrons. The average Bonchev–Trinajstić information content (AvgIpc) is 3.07. The van der Waals surface area contributed by atoms with E-state index >= 15 is 0 Å². The molecule has 0 amide bonds. The monoisotopic (exact) mass is 310 g/mol. The summed E-state index contributed by atoms with van der Waals surface area (Å²) in [5, 5.41) is 25.4. The number of nitrogens with zero attached hydrogens (tertiary/aromatic N) is 1. The van der Waals surface area contributed by atoms with Gasteiger partial charge < -0.3 is 15.5 Å². The first-order chi connectivity index (χ1) is 11.2. The quantitative estimate of drug-likeness (QED) is 0.509. The molecule has 1 saturated carbocycles. The highest BCUT2D eigenvalue weighted by atomic mass is 16.3. The van der Waals surface area contributed by atoms with Crippen LogP contribution in [0.15, 0.2) is 47.7 Å². The third-order valence-corrected chi connectivity index (χ3v) is 6.78. The molecule has 4 nitrogen and oxygen atoms in total. The van der Waals surface area contributed by atoms with Gasteiger partial charge in [-0.25, -0.2) is 0 Å². The third kappa shape index (κ3) is 1.32. The molecular formula is C19H22N2O2. The number of nitrogens with one attached hydrogen (secondary N) is 1. The number of fused-ring (bicyclic) bond motifs is 2. The smallest absolute Gasteiger partial charge is 0.131 e. The zero-order valence-electron chi connectivity index (χ0n) is 13.3. The zero-order valence-corrected chi connectivity index (χ0v) is 13.3. The minimum atomic E-state index is -0.832. The van der Waals surface area contributed by atoms with Gasteiger partial charge in [-0.3, -0.25) is 4.90 Å². The van der Waals surface area contributed by atoms with E-state index in [1.807, 2.05) is 6.07 Å². The van der Waals surface area contributed by atoms with E-state index in [4.69, 9.17) is 0 Å². The van der Waals surface area contributed by atoms with E-state index in [1.54, 1.807) is 0 Å².